The van der Waals surface area contributed by atoms with E-state index in [-0.39, 0.29) is 5.75 Å². The number of ether oxygens (including phenoxy) is 2. The normalized spacial score (nSPS) is 12.9. The molecule has 0 radical (unpaired) electrons. The number of H-pyrrole nitrogens is 1. The highest BCUT2D eigenvalue weighted by Crippen LogP contribution is 2.32. The molecular weight excluding hydrogens is 406 g/mol. The molecule has 150 valence electrons. The number of methoxy groups -OCH3 is 1. The van der Waals surface area contributed by atoms with Gasteiger partial charge in [0.2, 0.25) is 0 Å². The highest BCUT2D eigenvalue weighted by Gasteiger charge is 2.25. The number of aromatic amines is 1. The van der Waals surface area contributed by atoms with Crippen LogP contribution in [0.3, 0.4) is 0 Å². The van der Waals surface area contributed by atoms with Crippen LogP contribution >= 0.6 is 11.6 Å². The molecule has 2 heterocycles. The number of rotatable bonds is 7. The minimum absolute atomic E-state index is 0.290. The molecule has 28 heavy (non-hydrogen) atoms. The lowest BCUT2D eigenvalue weighted by Crippen LogP contribution is -2.28. The molecule has 0 amide bonds. The Balaban J connectivity index is 2.23. The Labute approximate surface area is 167 Å². The van der Waals surface area contributed by atoms with E-state index in [9.17, 15) is 13.2 Å². The highest BCUT2D eigenvalue weighted by atomic mass is 35.5. The van der Waals surface area contributed by atoms with Crippen LogP contribution in [0.2, 0.25) is 5.02 Å². The molecular formula is C18H20ClN3O5S. The maximum absolute atomic E-state index is 12.7. The van der Waals surface area contributed by atoms with Crippen LogP contribution in [0.15, 0.2) is 35.3 Å². The second kappa shape index (κ2) is 7.84. The summed E-state index contributed by atoms with van der Waals surface area (Å²) in [5, 5.41) is 0.364. The summed E-state index contributed by atoms with van der Waals surface area (Å²) in [6, 6.07) is 5.83. The Morgan fingerprint density at radius 2 is 2.04 bits per heavy atom. The maximum atomic E-state index is 12.7. The first-order valence-electron chi connectivity index (χ1n) is 8.47. The number of sulfone groups is 1. The molecule has 0 unspecified atom stereocenters. The summed E-state index contributed by atoms with van der Waals surface area (Å²) in [5.41, 5.74) is 0.841. The lowest BCUT2D eigenvalue weighted by molar-refractivity contribution is 0.310. The molecule has 0 fully saturated rings. The van der Waals surface area contributed by atoms with E-state index < -0.39 is 21.6 Å². The first-order chi connectivity index (χ1) is 13.2. The summed E-state index contributed by atoms with van der Waals surface area (Å²) in [5.74, 6) is 0.687. The van der Waals surface area contributed by atoms with Gasteiger partial charge in [-0.2, -0.15) is 0 Å². The topological polar surface area (TPSA) is 103 Å². The van der Waals surface area contributed by atoms with Crippen molar-refractivity contribution in [3.63, 3.8) is 0 Å². The summed E-state index contributed by atoms with van der Waals surface area (Å²) >= 11 is 5.95. The number of benzene rings is 1. The van der Waals surface area contributed by atoms with Gasteiger partial charge >= 0.3 is 5.69 Å². The average molecular weight is 426 g/mol. The SMILES string of the molecule is CCOc1cc([C@H](CS(C)(=O)=O)n2c(=O)[nH]c3cc(Cl)cnc32)ccc1OC. The number of hydrogen-bond acceptors (Lipinski definition) is 6. The van der Waals surface area contributed by atoms with Gasteiger partial charge in [-0.05, 0) is 30.7 Å². The third kappa shape index (κ3) is 4.15. The van der Waals surface area contributed by atoms with Crippen molar-refractivity contribution in [2.24, 2.45) is 0 Å². The molecule has 0 spiro atoms. The van der Waals surface area contributed by atoms with Crippen LogP contribution in [-0.2, 0) is 9.84 Å². The molecule has 0 saturated carbocycles. The first-order valence-corrected chi connectivity index (χ1v) is 10.9. The molecule has 0 aliphatic carbocycles. The van der Waals surface area contributed by atoms with E-state index in [1.54, 1.807) is 24.3 Å². The van der Waals surface area contributed by atoms with Crippen molar-refractivity contribution in [2.75, 3.05) is 25.7 Å². The Morgan fingerprint density at radius 1 is 1.29 bits per heavy atom. The number of nitrogens with zero attached hydrogens (tertiary/aromatic N) is 2. The zero-order valence-corrected chi connectivity index (χ0v) is 17.2. The molecule has 1 atom stereocenters. The molecule has 0 aliphatic rings. The molecule has 3 rings (SSSR count). The lowest BCUT2D eigenvalue weighted by Gasteiger charge is -2.20. The largest absolute Gasteiger partial charge is 0.493 e. The van der Waals surface area contributed by atoms with Crippen molar-refractivity contribution in [1.29, 1.82) is 0 Å². The predicted molar refractivity (Wildman–Crippen MR) is 107 cm³/mol. The van der Waals surface area contributed by atoms with Gasteiger partial charge in [-0.1, -0.05) is 17.7 Å². The van der Waals surface area contributed by atoms with Gasteiger partial charge < -0.3 is 14.5 Å². The molecule has 0 saturated heterocycles. The molecule has 1 aromatic carbocycles. The van der Waals surface area contributed by atoms with Crippen LogP contribution in [0, 0.1) is 0 Å². The van der Waals surface area contributed by atoms with Gasteiger partial charge in [0.1, 0.15) is 9.84 Å². The zero-order valence-electron chi connectivity index (χ0n) is 15.6. The summed E-state index contributed by atoms with van der Waals surface area (Å²) in [6.45, 7) is 2.24. The van der Waals surface area contributed by atoms with Crippen molar-refractivity contribution in [1.82, 2.24) is 14.5 Å². The fourth-order valence-electron chi connectivity index (χ4n) is 3.05. The van der Waals surface area contributed by atoms with Gasteiger partial charge in [-0.3, -0.25) is 4.57 Å². The average Bonchev–Trinajstić information content (AvgIpc) is 2.94. The number of aromatic nitrogens is 3. The van der Waals surface area contributed by atoms with E-state index in [2.05, 4.69) is 9.97 Å². The van der Waals surface area contributed by atoms with E-state index in [0.717, 1.165) is 6.26 Å². The van der Waals surface area contributed by atoms with E-state index >= 15 is 0 Å². The Bertz CT molecular complexity index is 1170. The molecule has 0 bridgehead atoms. The summed E-state index contributed by atoms with van der Waals surface area (Å²) < 4.78 is 36.5. The van der Waals surface area contributed by atoms with Crippen molar-refractivity contribution in [2.45, 2.75) is 13.0 Å². The van der Waals surface area contributed by atoms with Crippen molar-refractivity contribution in [3.05, 3.63) is 51.5 Å². The molecule has 0 aliphatic heterocycles. The van der Waals surface area contributed by atoms with Gasteiger partial charge in [-0.25, -0.2) is 18.2 Å². The third-order valence-corrected chi connectivity index (χ3v) is 5.29. The highest BCUT2D eigenvalue weighted by molar-refractivity contribution is 7.90. The van der Waals surface area contributed by atoms with E-state index in [4.69, 9.17) is 21.1 Å². The summed E-state index contributed by atoms with van der Waals surface area (Å²) in [6.07, 6.45) is 2.53. The van der Waals surface area contributed by atoms with Crippen LogP contribution < -0.4 is 15.2 Å². The third-order valence-electron chi connectivity index (χ3n) is 4.17. The number of halogens is 1. The number of nitrogens with one attached hydrogen (secondary N) is 1. The lowest BCUT2D eigenvalue weighted by atomic mass is 10.1. The monoisotopic (exact) mass is 425 g/mol. The van der Waals surface area contributed by atoms with Crippen molar-refractivity contribution < 1.29 is 17.9 Å². The second-order valence-electron chi connectivity index (χ2n) is 6.28. The van der Waals surface area contributed by atoms with E-state index in [1.807, 2.05) is 6.92 Å². The van der Waals surface area contributed by atoms with Gasteiger partial charge in [0.05, 0.1) is 36.1 Å². The zero-order chi connectivity index (χ0) is 20.5. The number of pyridine rings is 1. The number of hydrogen-bond donors (Lipinski definition) is 1. The fraction of sp³-hybridized carbons (Fsp3) is 0.333. The Morgan fingerprint density at radius 3 is 2.68 bits per heavy atom. The fourth-order valence-corrected chi connectivity index (χ4v) is 4.13. The number of fused-ring (bicyclic) bond motifs is 1. The Hall–Kier alpha value is -2.52. The summed E-state index contributed by atoms with van der Waals surface area (Å²) in [7, 11) is -1.91. The van der Waals surface area contributed by atoms with Gasteiger partial charge in [0.25, 0.3) is 0 Å². The predicted octanol–water partition coefficient (Wildman–Crippen LogP) is 2.42. The second-order valence-corrected chi connectivity index (χ2v) is 8.90. The smallest absolute Gasteiger partial charge is 0.328 e. The molecule has 1 N–H and O–H groups in total. The van der Waals surface area contributed by atoms with Gasteiger partial charge in [0, 0.05) is 12.5 Å². The van der Waals surface area contributed by atoms with Gasteiger partial charge in [-0.15, -0.1) is 0 Å². The van der Waals surface area contributed by atoms with Crippen LogP contribution in [0.4, 0.5) is 0 Å². The van der Waals surface area contributed by atoms with Crippen molar-refractivity contribution in [3.8, 4) is 11.5 Å². The van der Waals surface area contributed by atoms with E-state index in [0.29, 0.717) is 39.9 Å². The van der Waals surface area contributed by atoms with Gasteiger partial charge in [0.15, 0.2) is 17.1 Å². The summed E-state index contributed by atoms with van der Waals surface area (Å²) in [4.78, 5) is 19.6. The van der Waals surface area contributed by atoms with Crippen LogP contribution in [0.25, 0.3) is 11.2 Å². The van der Waals surface area contributed by atoms with Crippen LogP contribution in [0.5, 0.6) is 11.5 Å². The molecule has 10 heteroatoms. The quantitative estimate of drug-likeness (QED) is 0.623. The van der Waals surface area contributed by atoms with Crippen molar-refractivity contribution >= 4 is 32.6 Å². The molecule has 3 aromatic rings. The number of imidazole rings is 1. The van der Waals surface area contributed by atoms with E-state index in [1.165, 1.54) is 17.9 Å². The molecule has 8 nitrogen and oxygen atoms in total. The van der Waals surface area contributed by atoms with Crippen LogP contribution in [0.1, 0.15) is 18.5 Å². The maximum Gasteiger partial charge on any atom is 0.328 e. The Kier molecular flexibility index (Phi) is 5.66. The first kappa shape index (κ1) is 20.2. The minimum Gasteiger partial charge on any atom is -0.493 e. The molecule has 2 aromatic heterocycles. The standard InChI is InChI=1S/C18H20ClN3O5S/c1-4-27-16-7-11(5-6-15(16)26-2)14(10-28(3,24)25)22-17-13(21-18(22)23)8-12(19)9-20-17/h5-9,14H,4,10H2,1-3H3,(H,21,23)/t14-/m0/s1. The van der Waals surface area contributed by atoms with Crippen LogP contribution in [-0.4, -0.2) is 48.7 Å². The minimum atomic E-state index is -3.43.